The highest BCUT2D eigenvalue weighted by Gasteiger charge is 2.24. The van der Waals surface area contributed by atoms with Crippen LogP contribution in [0.4, 0.5) is 8.78 Å². The van der Waals surface area contributed by atoms with Gasteiger partial charge in [0, 0.05) is 0 Å². The van der Waals surface area contributed by atoms with Crippen molar-refractivity contribution in [3.63, 3.8) is 0 Å². The number of allylic oxidation sites excluding steroid dienone is 2. The van der Waals surface area contributed by atoms with Crippen LogP contribution in [0.3, 0.4) is 0 Å². The van der Waals surface area contributed by atoms with E-state index in [2.05, 4.69) is 24.7 Å². The zero-order valence-electron chi connectivity index (χ0n) is 10.9. The first-order valence-electron chi connectivity index (χ1n) is 6.77. The van der Waals surface area contributed by atoms with Gasteiger partial charge in [0.2, 0.25) is 0 Å². The first kappa shape index (κ1) is 14.6. The van der Waals surface area contributed by atoms with Gasteiger partial charge in [-0.1, -0.05) is 25.5 Å². The minimum Gasteiger partial charge on any atom is -0.320 e. The molecule has 0 atom stereocenters. The largest absolute Gasteiger partial charge is 0.345 e. The SMILES string of the molecule is CC/C=C(\CC)CC1CCC(OC(F)F)CC1. The smallest absolute Gasteiger partial charge is 0.320 e. The molecule has 0 heterocycles. The molecular formula is C14H24F2O. The van der Waals surface area contributed by atoms with Crippen molar-refractivity contribution in [1.82, 2.24) is 0 Å². The Labute approximate surface area is 103 Å². The molecule has 1 fully saturated rings. The van der Waals surface area contributed by atoms with E-state index in [9.17, 15) is 8.78 Å². The van der Waals surface area contributed by atoms with Gasteiger partial charge in [0.05, 0.1) is 6.10 Å². The van der Waals surface area contributed by atoms with E-state index in [1.165, 1.54) is 5.57 Å². The summed E-state index contributed by atoms with van der Waals surface area (Å²) < 4.78 is 28.7. The van der Waals surface area contributed by atoms with Gasteiger partial charge in [-0.25, -0.2) is 0 Å². The number of rotatable bonds is 6. The van der Waals surface area contributed by atoms with Crippen molar-refractivity contribution in [2.45, 2.75) is 71.5 Å². The molecular weight excluding hydrogens is 222 g/mol. The molecule has 0 spiro atoms. The van der Waals surface area contributed by atoms with E-state index >= 15 is 0 Å². The molecule has 0 bridgehead atoms. The zero-order valence-corrected chi connectivity index (χ0v) is 10.9. The monoisotopic (exact) mass is 246 g/mol. The lowest BCUT2D eigenvalue weighted by Gasteiger charge is -2.28. The van der Waals surface area contributed by atoms with Crippen LogP contribution in [-0.4, -0.2) is 12.7 Å². The average molecular weight is 246 g/mol. The summed E-state index contributed by atoms with van der Waals surface area (Å²) in [6.07, 6.45) is 9.07. The predicted molar refractivity (Wildman–Crippen MR) is 66.1 cm³/mol. The van der Waals surface area contributed by atoms with Gasteiger partial charge in [0.25, 0.3) is 0 Å². The molecule has 100 valence electrons. The van der Waals surface area contributed by atoms with Crippen molar-refractivity contribution in [3.05, 3.63) is 11.6 Å². The Morgan fingerprint density at radius 2 is 1.88 bits per heavy atom. The molecule has 0 unspecified atom stereocenters. The molecule has 0 radical (unpaired) electrons. The van der Waals surface area contributed by atoms with Crippen LogP contribution >= 0.6 is 0 Å². The number of alkyl halides is 2. The summed E-state index contributed by atoms with van der Waals surface area (Å²) in [4.78, 5) is 0. The second-order valence-electron chi connectivity index (χ2n) is 4.87. The molecule has 0 amide bonds. The molecule has 1 nitrogen and oxygen atoms in total. The quantitative estimate of drug-likeness (QED) is 0.604. The van der Waals surface area contributed by atoms with Crippen molar-refractivity contribution < 1.29 is 13.5 Å². The molecule has 0 saturated heterocycles. The van der Waals surface area contributed by atoms with Gasteiger partial charge in [-0.2, -0.15) is 8.78 Å². The Kier molecular flexibility index (Phi) is 6.71. The van der Waals surface area contributed by atoms with Crippen LogP contribution in [-0.2, 0) is 4.74 Å². The third-order valence-corrected chi connectivity index (χ3v) is 3.59. The second-order valence-corrected chi connectivity index (χ2v) is 4.87. The molecule has 0 aromatic rings. The normalized spacial score (nSPS) is 26.5. The minimum absolute atomic E-state index is 0.216. The fourth-order valence-electron chi connectivity index (χ4n) is 2.65. The fraction of sp³-hybridized carbons (Fsp3) is 0.857. The summed E-state index contributed by atoms with van der Waals surface area (Å²) in [7, 11) is 0. The van der Waals surface area contributed by atoms with E-state index in [0.29, 0.717) is 5.92 Å². The summed E-state index contributed by atoms with van der Waals surface area (Å²) in [5.41, 5.74) is 1.52. The van der Waals surface area contributed by atoms with Crippen LogP contribution in [0.2, 0.25) is 0 Å². The van der Waals surface area contributed by atoms with Crippen molar-refractivity contribution in [2.75, 3.05) is 0 Å². The van der Waals surface area contributed by atoms with Crippen molar-refractivity contribution in [3.8, 4) is 0 Å². The van der Waals surface area contributed by atoms with E-state index in [-0.39, 0.29) is 6.10 Å². The molecule has 0 aliphatic heterocycles. The van der Waals surface area contributed by atoms with Gasteiger partial charge in [0.1, 0.15) is 0 Å². The minimum atomic E-state index is -2.61. The maximum absolute atomic E-state index is 12.1. The van der Waals surface area contributed by atoms with Gasteiger partial charge < -0.3 is 4.74 Å². The summed E-state index contributed by atoms with van der Waals surface area (Å²) in [6.45, 7) is 1.73. The van der Waals surface area contributed by atoms with Crippen molar-refractivity contribution in [2.24, 2.45) is 5.92 Å². The number of ether oxygens (including phenoxy) is 1. The predicted octanol–water partition coefficient (Wildman–Crippen LogP) is 4.92. The van der Waals surface area contributed by atoms with Crippen molar-refractivity contribution in [1.29, 1.82) is 0 Å². The Balaban J connectivity index is 2.29. The van der Waals surface area contributed by atoms with Crippen LogP contribution in [0.15, 0.2) is 11.6 Å². The molecule has 0 aromatic heterocycles. The van der Waals surface area contributed by atoms with Gasteiger partial charge in [-0.3, -0.25) is 0 Å². The van der Waals surface area contributed by atoms with Crippen LogP contribution < -0.4 is 0 Å². The lowest BCUT2D eigenvalue weighted by atomic mass is 9.82. The second kappa shape index (κ2) is 7.80. The van der Waals surface area contributed by atoms with Gasteiger partial charge in [-0.15, -0.1) is 0 Å². The van der Waals surface area contributed by atoms with Crippen molar-refractivity contribution >= 4 is 0 Å². The van der Waals surface area contributed by atoms with Gasteiger partial charge in [-0.05, 0) is 50.9 Å². The fourth-order valence-corrected chi connectivity index (χ4v) is 2.65. The highest BCUT2D eigenvalue weighted by molar-refractivity contribution is 5.02. The Morgan fingerprint density at radius 3 is 2.35 bits per heavy atom. The molecule has 1 aliphatic rings. The Bertz CT molecular complexity index is 230. The van der Waals surface area contributed by atoms with E-state index in [0.717, 1.165) is 44.9 Å². The summed E-state index contributed by atoms with van der Waals surface area (Å²) in [5.74, 6) is 0.672. The zero-order chi connectivity index (χ0) is 12.7. The molecule has 3 heteroatoms. The highest BCUT2D eigenvalue weighted by Crippen LogP contribution is 2.32. The van der Waals surface area contributed by atoms with E-state index in [1.807, 2.05) is 0 Å². The van der Waals surface area contributed by atoms with E-state index in [4.69, 9.17) is 0 Å². The Morgan fingerprint density at radius 1 is 1.24 bits per heavy atom. The third kappa shape index (κ3) is 5.62. The lowest BCUT2D eigenvalue weighted by molar-refractivity contribution is -0.171. The lowest BCUT2D eigenvalue weighted by Crippen LogP contribution is -2.23. The first-order chi connectivity index (χ1) is 8.15. The Hall–Kier alpha value is -0.440. The molecule has 1 saturated carbocycles. The summed E-state index contributed by atoms with van der Waals surface area (Å²) >= 11 is 0. The maximum Gasteiger partial charge on any atom is 0.345 e. The molecule has 17 heavy (non-hydrogen) atoms. The first-order valence-corrected chi connectivity index (χ1v) is 6.77. The van der Waals surface area contributed by atoms with Gasteiger partial charge in [0.15, 0.2) is 0 Å². The molecule has 1 rings (SSSR count). The highest BCUT2D eigenvalue weighted by atomic mass is 19.3. The van der Waals surface area contributed by atoms with Crippen LogP contribution in [0.5, 0.6) is 0 Å². The van der Waals surface area contributed by atoms with Crippen LogP contribution in [0.1, 0.15) is 58.8 Å². The third-order valence-electron chi connectivity index (χ3n) is 3.59. The molecule has 0 aromatic carbocycles. The average Bonchev–Trinajstić information content (AvgIpc) is 2.30. The standard InChI is InChI=1S/C14H24F2O/c1-3-5-11(4-2)10-12-6-8-13(9-7-12)17-14(15)16/h5,12-14H,3-4,6-10H2,1-2H3/b11-5+. The summed E-state index contributed by atoms with van der Waals surface area (Å²) in [6, 6.07) is 0. The number of hydrogen-bond acceptors (Lipinski definition) is 1. The van der Waals surface area contributed by atoms with E-state index < -0.39 is 6.61 Å². The molecule has 1 aliphatic carbocycles. The van der Waals surface area contributed by atoms with Gasteiger partial charge >= 0.3 is 6.61 Å². The molecule has 0 N–H and O–H groups in total. The summed E-state index contributed by atoms with van der Waals surface area (Å²) in [5, 5.41) is 0. The topological polar surface area (TPSA) is 9.23 Å². The number of hydrogen-bond donors (Lipinski definition) is 0. The van der Waals surface area contributed by atoms with Crippen LogP contribution in [0, 0.1) is 5.92 Å². The number of halogens is 2. The maximum atomic E-state index is 12.1. The van der Waals surface area contributed by atoms with E-state index in [1.54, 1.807) is 0 Å². The van der Waals surface area contributed by atoms with Crippen LogP contribution in [0.25, 0.3) is 0 Å².